The highest BCUT2D eigenvalue weighted by molar-refractivity contribution is 5.80. The molecule has 0 aromatic heterocycles. The van der Waals surface area contributed by atoms with Gasteiger partial charge in [-0.05, 0) is 31.2 Å². The van der Waals surface area contributed by atoms with Crippen LogP contribution >= 0.6 is 0 Å². The van der Waals surface area contributed by atoms with Crippen LogP contribution in [0, 0.1) is 0 Å². The molecule has 25 heavy (non-hydrogen) atoms. The molecule has 3 atom stereocenters. The molecule has 1 aromatic carbocycles. The first-order valence-corrected chi connectivity index (χ1v) is 8.72. The summed E-state index contributed by atoms with van der Waals surface area (Å²) in [6.45, 7) is 1.04. The predicted octanol–water partition coefficient (Wildman–Crippen LogP) is 2.38. The molecule has 1 amide bonds. The van der Waals surface area contributed by atoms with Crippen LogP contribution in [0.1, 0.15) is 50.1 Å². The maximum atomic E-state index is 12.8. The van der Waals surface area contributed by atoms with E-state index in [0.29, 0.717) is 25.8 Å². The fourth-order valence-corrected chi connectivity index (χ4v) is 4.40. The van der Waals surface area contributed by atoms with Crippen molar-refractivity contribution < 1.29 is 23.9 Å². The van der Waals surface area contributed by atoms with Crippen LogP contribution in [0.25, 0.3) is 0 Å². The number of benzene rings is 1. The number of ether oxygens (including phenoxy) is 2. The van der Waals surface area contributed by atoms with Gasteiger partial charge in [0.1, 0.15) is 12.7 Å². The molecule has 1 heterocycles. The number of hydrogen-bond acceptors (Lipinski definition) is 5. The summed E-state index contributed by atoms with van der Waals surface area (Å²) in [6, 6.07) is 9.31. The molecule has 0 unspecified atom stereocenters. The quantitative estimate of drug-likeness (QED) is 0.710. The Bertz CT molecular complexity index is 620. The van der Waals surface area contributed by atoms with Crippen LogP contribution in [0.2, 0.25) is 0 Å². The Morgan fingerprint density at radius 1 is 1.20 bits per heavy atom. The van der Waals surface area contributed by atoms with Crippen molar-refractivity contribution in [3.63, 3.8) is 0 Å². The standard InChI is InChI=1S/C19H23NO5/c21-13-24-12-17(15-5-2-1-3-6-15)20-18(23)8-10-19(20)9-4-7-16(11-19)25-14-22/h1-3,5-6,13-14,16-17H,4,7-12H2/t16-,17-,19-/m0/s1. The lowest BCUT2D eigenvalue weighted by molar-refractivity contribution is -0.146. The van der Waals surface area contributed by atoms with Gasteiger partial charge in [0.25, 0.3) is 12.9 Å². The maximum absolute atomic E-state index is 12.8. The van der Waals surface area contributed by atoms with E-state index in [9.17, 15) is 14.4 Å². The minimum atomic E-state index is -0.338. The van der Waals surface area contributed by atoms with E-state index < -0.39 is 0 Å². The summed E-state index contributed by atoms with van der Waals surface area (Å²) in [4.78, 5) is 36.2. The molecule has 1 aliphatic heterocycles. The first kappa shape index (κ1) is 17.5. The van der Waals surface area contributed by atoms with Gasteiger partial charge in [-0.2, -0.15) is 0 Å². The van der Waals surface area contributed by atoms with Crippen molar-refractivity contribution in [2.75, 3.05) is 6.61 Å². The molecule has 0 bridgehead atoms. The third-order valence-corrected chi connectivity index (χ3v) is 5.43. The molecule has 1 spiro atoms. The Kier molecular flexibility index (Phi) is 5.36. The molecule has 1 saturated heterocycles. The van der Waals surface area contributed by atoms with Gasteiger partial charge in [0.05, 0.1) is 6.04 Å². The van der Waals surface area contributed by atoms with Crippen molar-refractivity contribution in [1.82, 2.24) is 4.90 Å². The lowest BCUT2D eigenvalue weighted by Gasteiger charge is -2.47. The van der Waals surface area contributed by atoms with Gasteiger partial charge >= 0.3 is 0 Å². The third kappa shape index (κ3) is 3.52. The van der Waals surface area contributed by atoms with Gasteiger partial charge in [0.15, 0.2) is 0 Å². The average Bonchev–Trinajstić information content (AvgIpc) is 2.93. The largest absolute Gasteiger partial charge is 0.465 e. The number of carbonyl (C=O) groups excluding carboxylic acids is 3. The Hall–Kier alpha value is -2.37. The summed E-state index contributed by atoms with van der Waals surface area (Å²) in [5.41, 5.74) is 0.605. The summed E-state index contributed by atoms with van der Waals surface area (Å²) in [5.74, 6) is 0.0649. The van der Waals surface area contributed by atoms with E-state index in [1.165, 1.54) is 0 Å². The number of carbonyl (C=O) groups is 3. The molecule has 0 N–H and O–H groups in total. The SMILES string of the molecule is O=COC[C@@H](c1ccccc1)N1C(=O)CC[C@]12CCC[C@H](OC=O)C2. The van der Waals surface area contributed by atoms with Gasteiger partial charge in [-0.15, -0.1) is 0 Å². The van der Waals surface area contributed by atoms with Gasteiger partial charge in [0.2, 0.25) is 5.91 Å². The van der Waals surface area contributed by atoms with E-state index in [0.717, 1.165) is 31.2 Å². The van der Waals surface area contributed by atoms with E-state index in [2.05, 4.69) is 0 Å². The minimum Gasteiger partial charge on any atom is -0.465 e. The van der Waals surface area contributed by atoms with Crippen LogP contribution in [0.5, 0.6) is 0 Å². The lowest BCUT2D eigenvalue weighted by Crippen LogP contribution is -2.52. The van der Waals surface area contributed by atoms with Crippen LogP contribution < -0.4 is 0 Å². The van der Waals surface area contributed by atoms with Crippen molar-refractivity contribution in [3.8, 4) is 0 Å². The monoisotopic (exact) mass is 345 g/mol. The zero-order valence-electron chi connectivity index (χ0n) is 14.1. The molecule has 6 heteroatoms. The highest BCUT2D eigenvalue weighted by Gasteiger charge is 2.51. The molecule has 134 valence electrons. The first-order valence-electron chi connectivity index (χ1n) is 8.72. The van der Waals surface area contributed by atoms with Crippen LogP contribution in [-0.4, -0.2) is 42.0 Å². The molecular formula is C19H23NO5. The lowest BCUT2D eigenvalue weighted by atomic mass is 9.77. The van der Waals surface area contributed by atoms with Crippen LogP contribution in [0.15, 0.2) is 30.3 Å². The van der Waals surface area contributed by atoms with Crippen LogP contribution in [-0.2, 0) is 23.9 Å². The first-order chi connectivity index (χ1) is 12.2. The van der Waals surface area contributed by atoms with Crippen molar-refractivity contribution in [1.29, 1.82) is 0 Å². The fourth-order valence-electron chi connectivity index (χ4n) is 4.40. The van der Waals surface area contributed by atoms with Crippen molar-refractivity contribution in [2.45, 2.75) is 56.2 Å². The van der Waals surface area contributed by atoms with Gasteiger partial charge in [-0.1, -0.05) is 30.3 Å². The Morgan fingerprint density at radius 3 is 2.72 bits per heavy atom. The molecule has 2 fully saturated rings. The number of likely N-dealkylation sites (tertiary alicyclic amines) is 1. The number of rotatable bonds is 7. The molecule has 1 aromatic rings. The van der Waals surface area contributed by atoms with Gasteiger partial charge < -0.3 is 14.4 Å². The molecule has 3 rings (SSSR count). The summed E-state index contributed by atoms with van der Waals surface area (Å²) < 4.78 is 10.3. The van der Waals surface area contributed by atoms with Gasteiger partial charge in [0, 0.05) is 18.4 Å². The van der Waals surface area contributed by atoms with Crippen LogP contribution in [0.3, 0.4) is 0 Å². The maximum Gasteiger partial charge on any atom is 0.293 e. The van der Waals surface area contributed by atoms with E-state index in [4.69, 9.17) is 9.47 Å². The van der Waals surface area contributed by atoms with E-state index >= 15 is 0 Å². The van der Waals surface area contributed by atoms with E-state index in [1.807, 2.05) is 35.2 Å². The summed E-state index contributed by atoms with van der Waals surface area (Å²) in [5, 5.41) is 0. The number of amides is 1. The molecule has 0 radical (unpaired) electrons. The second-order valence-corrected chi connectivity index (χ2v) is 6.79. The Labute approximate surface area is 147 Å². The average molecular weight is 345 g/mol. The zero-order valence-corrected chi connectivity index (χ0v) is 14.1. The number of hydrogen-bond donors (Lipinski definition) is 0. The summed E-state index contributed by atoms with van der Waals surface area (Å²) in [6.07, 6.45) is 4.29. The summed E-state index contributed by atoms with van der Waals surface area (Å²) >= 11 is 0. The molecule has 1 saturated carbocycles. The minimum absolute atomic E-state index is 0.0649. The molecule has 6 nitrogen and oxygen atoms in total. The van der Waals surface area contributed by atoms with Crippen LogP contribution in [0.4, 0.5) is 0 Å². The van der Waals surface area contributed by atoms with E-state index in [-0.39, 0.29) is 30.2 Å². The Morgan fingerprint density at radius 2 is 2.00 bits per heavy atom. The highest BCUT2D eigenvalue weighted by Crippen LogP contribution is 2.47. The molecule has 2 aliphatic rings. The number of nitrogens with zero attached hydrogens (tertiary/aromatic N) is 1. The Balaban J connectivity index is 1.92. The smallest absolute Gasteiger partial charge is 0.293 e. The van der Waals surface area contributed by atoms with Gasteiger partial charge in [-0.25, -0.2) is 0 Å². The van der Waals surface area contributed by atoms with Crippen molar-refractivity contribution >= 4 is 18.9 Å². The topological polar surface area (TPSA) is 72.9 Å². The zero-order chi connectivity index (χ0) is 17.7. The normalized spacial score (nSPS) is 27.1. The van der Waals surface area contributed by atoms with Crippen molar-refractivity contribution in [2.24, 2.45) is 0 Å². The van der Waals surface area contributed by atoms with Gasteiger partial charge in [-0.3, -0.25) is 14.4 Å². The molecule has 1 aliphatic carbocycles. The fraction of sp³-hybridized carbons (Fsp3) is 0.526. The second-order valence-electron chi connectivity index (χ2n) is 6.79. The predicted molar refractivity (Wildman–Crippen MR) is 89.4 cm³/mol. The molecular weight excluding hydrogens is 322 g/mol. The second kappa shape index (κ2) is 7.68. The highest BCUT2D eigenvalue weighted by atomic mass is 16.5. The third-order valence-electron chi connectivity index (χ3n) is 5.43. The summed E-state index contributed by atoms with van der Waals surface area (Å²) in [7, 11) is 0. The van der Waals surface area contributed by atoms with Crippen molar-refractivity contribution in [3.05, 3.63) is 35.9 Å². The van der Waals surface area contributed by atoms with E-state index in [1.54, 1.807) is 0 Å².